The number of carbonyl (C=O) groups is 2. The lowest BCUT2D eigenvalue weighted by atomic mass is 9.91. The number of carboxylic acids is 2. The van der Waals surface area contributed by atoms with Crippen LogP contribution >= 0.6 is 34.3 Å². The number of nitrogens with zero attached hydrogens (tertiary/aromatic N) is 6. The normalized spacial score (nSPS) is 10.9. The fourth-order valence-corrected chi connectivity index (χ4v) is 9.44. The van der Waals surface area contributed by atoms with E-state index in [0.717, 1.165) is 48.9 Å². The second-order valence-corrected chi connectivity index (χ2v) is 16.5. The molecular weight excluding hydrogens is 812 g/mol. The van der Waals surface area contributed by atoms with E-state index in [-0.39, 0.29) is 25.9 Å². The first-order chi connectivity index (χ1) is 29.0. The van der Waals surface area contributed by atoms with E-state index >= 15 is 0 Å². The Morgan fingerprint density at radius 1 is 0.617 bits per heavy atom. The monoisotopic (exact) mass is 848 g/mol. The number of aromatic nitrogens is 2. The fourth-order valence-electron chi connectivity index (χ4n) is 6.69. The van der Waals surface area contributed by atoms with Crippen LogP contribution in [0.5, 0.6) is 0 Å². The highest BCUT2D eigenvalue weighted by Gasteiger charge is 2.33. The number of aliphatic carboxylic acids is 2. The maximum absolute atomic E-state index is 12.0. The predicted molar refractivity (Wildman–Crippen MR) is 238 cm³/mol. The Hall–Kier alpha value is -6.83. The van der Waals surface area contributed by atoms with Crippen molar-refractivity contribution in [2.75, 3.05) is 22.9 Å². The molecule has 0 radical (unpaired) electrons. The minimum absolute atomic E-state index is 0.137. The number of benzene rings is 5. The molecule has 0 unspecified atom stereocenters. The van der Waals surface area contributed by atoms with Crippen LogP contribution in [0.1, 0.15) is 56.3 Å². The molecule has 0 aliphatic rings. The van der Waals surface area contributed by atoms with E-state index in [0.29, 0.717) is 37.8 Å². The number of carboxylic acid groups (broad SMARTS) is 2. The summed E-state index contributed by atoms with van der Waals surface area (Å²) in [4.78, 5) is 40.1. The highest BCUT2D eigenvalue weighted by atomic mass is 35.5. The van der Waals surface area contributed by atoms with Gasteiger partial charge in [0.15, 0.2) is 10.3 Å². The van der Waals surface area contributed by atoms with Crippen LogP contribution in [-0.2, 0) is 9.59 Å². The van der Waals surface area contributed by atoms with Crippen LogP contribution in [0.4, 0.5) is 21.6 Å². The minimum Gasteiger partial charge on any atom is -0.481 e. The number of aryl methyl sites for hydroxylation is 2. The topological polar surface area (TPSA) is 154 Å². The molecule has 10 nitrogen and oxygen atoms in total. The van der Waals surface area contributed by atoms with Crippen LogP contribution in [0.15, 0.2) is 121 Å². The molecule has 0 aliphatic heterocycles. The molecule has 0 saturated heterocycles. The van der Waals surface area contributed by atoms with Crippen molar-refractivity contribution in [1.82, 2.24) is 9.97 Å². The average molecular weight is 849 g/mol. The van der Waals surface area contributed by atoms with E-state index in [9.17, 15) is 30.3 Å². The highest BCUT2D eigenvalue weighted by molar-refractivity contribution is 7.18. The quantitative estimate of drug-likeness (QED) is 0.102. The lowest BCUT2D eigenvalue weighted by Crippen LogP contribution is -2.20. The van der Waals surface area contributed by atoms with Gasteiger partial charge < -0.3 is 20.0 Å². The largest absolute Gasteiger partial charge is 0.481 e. The molecule has 0 fully saturated rings. The van der Waals surface area contributed by atoms with E-state index in [1.165, 1.54) is 22.7 Å². The molecule has 0 saturated carbocycles. The summed E-state index contributed by atoms with van der Waals surface area (Å²) >= 11 is 9.37. The lowest BCUT2D eigenvalue weighted by Gasteiger charge is -2.22. The van der Waals surface area contributed by atoms with Gasteiger partial charge >= 0.3 is 11.9 Å². The standard InChI is InChI=1S/C47H37ClN6O4S2/c1-29-3-19-37(20-4-29)53(25-23-39(55)56)46-51-42(34-11-7-31(27-49)8-12-34)44(59-46)41(33-15-17-36(48)18-16-33)45-43(35-13-9-32(28-50)10-14-35)52-47(60-45)54(26-24-40(57)58)38-21-5-30(2)6-22-38/h3-22,41H,23-26H2,1-2H3,(H,55,56)(H,57,58). The van der Waals surface area contributed by atoms with Gasteiger partial charge in [-0.2, -0.15) is 10.5 Å². The van der Waals surface area contributed by atoms with E-state index in [1.54, 1.807) is 24.3 Å². The van der Waals surface area contributed by atoms with Crippen molar-refractivity contribution in [2.24, 2.45) is 0 Å². The van der Waals surface area contributed by atoms with Crippen molar-refractivity contribution < 1.29 is 19.8 Å². The van der Waals surface area contributed by atoms with E-state index in [2.05, 4.69) is 12.1 Å². The van der Waals surface area contributed by atoms with Gasteiger partial charge in [-0.05, 0) is 80.1 Å². The molecule has 0 atom stereocenters. The number of rotatable bonds is 15. The van der Waals surface area contributed by atoms with Crippen LogP contribution in [0.2, 0.25) is 5.02 Å². The number of hydrogen-bond donors (Lipinski definition) is 2. The zero-order chi connectivity index (χ0) is 42.3. The van der Waals surface area contributed by atoms with Crippen LogP contribution in [0.3, 0.4) is 0 Å². The van der Waals surface area contributed by atoms with E-state index in [4.69, 9.17) is 21.6 Å². The Morgan fingerprint density at radius 3 is 1.35 bits per heavy atom. The maximum atomic E-state index is 12.0. The first-order valence-electron chi connectivity index (χ1n) is 18.9. The van der Waals surface area contributed by atoms with E-state index < -0.39 is 17.9 Å². The van der Waals surface area contributed by atoms with Gasteiger partial charge in [-0.1, -0.05) is 106 Å². The van der Waals surface area contributed by atoms with Gasteiger partial charge in [-0.3, -0.25) is 9.59 Å². The molecule has 0 spiro atoms. The van der Waals surface area contributed by atoms with Crippen LogP contribution < -0.4 is 9.80 Å². The number of thiazole rings is 2. The number of nitriles is 2. The van der Waals surface area contributed by atoms with Crippen molar-refractivity contribution >= 4 is 67.9 Å². The third-order valence-electron chi connectivity index (χ3n) is 9.84. The molecule has 298 valence electrons. The summed E-state index contributed by atoms with van der Waals surface area (Å²) in [6.45, 7) is 4.28. The first kappa shape index (κ1) is 41.3. The number of anilines is 4. The average Bonchev–Trinajstić information content (AvgIpc) is 3.88. The number of hydrogen-bond acceptors (Lipinski definition) is 10. The first-order valence-corrected chi connectivity index (χ1v) is 20.9. The number of halogens is 1. The van der Waals surface area contributed by atoms with Crippen molar-refractivity contribution in [3.8, 4) is 34.7 Å². The summed E-state index contributed by atoms with van der Waals surface area (Å²) in [5.41, 5.74) is 8.27. The third kappa shape index (κ3) is 9.38. The van der Waals surface area contributed by atoms with Gasteiger partial charge in [0.25, 0.3) is 0 Å². The lowest BCUT2D eigenvalue weighted by molar-refractivity contribution is -0.137. The van der Waals surface area contributed by atoms with Gasteiger partial charge in [-0.15, -0.1) is 0 Å². The van der Waals surface area contributed by atoms with Crippen molar-refractivity contribution in [1.29, 1.82) is 10.5 Å². The molecule has 0 aliphatic carbocycles. The van der Waals surface area contributed by atoms with Gasteiger partial charge in [0, 0.05) is 50.4 Å². The maximum Gasteiger partial charge on any atom is 0.305 e. The second-order valence-electron chi connectivity index (χ2n) is 14.0. The second kappa shape index (κ2) is 18.4. The highest BCUT2D eigenvalue weighted by Crippen LogP contribution is 2.50. The molecule has 7 aromatic rings. The summed E-state index contributed by atoms with van der Waals surface area (Å²) in [6, 6.07) is 42.1. The smallest absolute Gasteiger partial charge is 0.305 e. The molecule has 0 amide bonds. The Morgan fingerprint density at radius 2 is 1.00 bits per heavy atom. The summed E-state index contributed by atoms with van der Waals surface area (Å²) in [5, 5.41) is 40.7. The van der Waals surface area contributed by atoms with Crippen molar-refractivity contribution in [3.05, 3.63) is 164 Å². The summed E-state index contributed by atoms with van der Waals surface area (Å²) in [7, 11) is 0. The van der Waals surface area contributed by atoms with Crippen molar-refractivity contribution in [3.63, 3.8) is 0 Å². The Balaban J connectivity index is 1.52. The van der Waals surface area contributed by atoms with Gasteiger partial charge in [0.05, 0.1) is 53.4 Å². The zero-order valence-electron chi connectivity index (χ0n) is 32.5. The molecule has 2 N–H and O–H groups in total. The minimum atomic E-state index is -0.944. The van der Waals surface area contributed by atoms with Gasteiger partial charge in [-0.25, -0.2) is 9.97 Å². The molecule has 0 bridgehead atoms. The predicted octanol–water partition coefficient (Wildman–Crippen LogP) is 11.4. The zero-order valence-corrected chi connectivity index (χ0v) is 34.9. The molecule has 2 heterocycles. The van der Waals surface area contributed by atoms with Crippen LogP contribution in [-0.4, -0.2) is 45.2 Å². The fraction of sp³-hybridized carbons (Fsp3) is 0.149. The Bertz CT molecular complexity index is 2550. The molecule has 2 aromatic heterocycles. The van der Waals surface area contributed by atoms with Crippen LogP contribution in [0.25, 0.3) is 22.5 Å². The van der Waals surface area contributed by atoms with Crippen molar-refractivity contribution in [2.45, 2.75) is 32.6 Å². The van der Waals surface area contributed by atoms with E-state index in [1.807, 2.05) is 121 Å². The molecule has 60 heavy (non-hydrogen) atoms. The summed E-state index contributed by atoms with van der Waals surface area (Å²) in [6.07, 6.45) is -0.274. The summed E-state index contributed by atoms with van der Waals surface area (Å²) < 4.78 is 0. The molecule has 5 aromatic carbocycles. The third-order valence-corrected chi connectivity index (χ3v) is 12.4. The van der Waals surface area contributed by atoms with Crippen LogP contribution in [0, 0.1) is 36.5 Å². The van der Waals surface area contributed by atoms with Gasteiger partial charge in [0.2, 0.25) is 0 Å². The molecular formula is C47H37ClN6O4S2. The SMILES string of the molecule is Cc1ccc(N(CCC(=O)O)c2nc(-c3ccc(C#N)cc3)c(C(c3ccc(Cl)cc3)c3sc(N(CCC(=O)O)c4ccc(C)cc4)nc3-c3ccc(C#N)cc3)s2)cc1. The molecule has 7 rings (SSSR count). The molecule has 13 heteroatoms. The Kier molecular flexibility index (Phi) is 12.7. The van der Waals surface area contributed by atoms with Gasteiger partial charge in [0.1, 0.15) is 0 Å². The summed E-state index contributed by atoms with van der Waals surface area (Å²) in [5.74, 6) is -2.42. The Labute approximate surface area is 360 Å².